The Kier molecular flexibility index (Phi) is 3.79. The average molecular weight is 260 g/mol. The van der Waals surface area contributed by atoms with E-state index in [-0.39, 0.29) is 11.5 Å². The van der Waals surface area contributed by atoms with Crippen molar-refractivity contribution in [2.75, 3.05) is 7.11 Å². The zero-order valence-electron chi connectivity index (χ0n) is 11.9. The van der Waals surface area contributed by atoms with Gasteiger partial charge in [0, 0.05) is 5.56 Å². The Labute approximate surface area is 113 Å². The van der Waals surface area contributed by atoms with Crippen LogP contribution < -0.4 is 10.3 Å². The number of nitrogens with zero attached hydrogens (tertiary/aromatic N) is 1. The lowest BCUT2D eigenvalue weighted by atomic mass is 10.0. The van der Waals surface area contributed by atoms with Crippen LogP contribution in [-0.4, -0.2) is 16.9 Å². The molecule has 1 aromatic heterocycles. The third kappa shape index (κ3) is 2.43. The highest BCUT2D eigenvalue weighted by molar-refractivity contribution is 5.40. The molecule has 0 aliphatic carbocycles. The van der Waals surface area contributed by atoms with Crippen molar-refractivity contribution in [3.63, 3.8) is 0 Å². The van der Waals surface area contributed by atoms with E-state index < -0.39 is 0 Å². The Hall–Kier alpha value is -1.97. The van der Waals surface area contributed by atoms with Crippen molar-refractivity contribution in [3.05, 3.63) is 45.9 Å². The smallest absolute Gasteiger partial charge is 0.267 e. The van der Waals surface area contributed by atoms with E-state index in [1.807, 2.05) is 35.9 Å². The monoisotopic (exact) mass is 260 g/mol. The van der Waals surface area contributed by atoms with E-state index in [0.29, 0.717) is 0 Å². The van der Waals surface area contributed by atoms with Crippen LogP contribution in [0.15, 0.2) is 29.1 Å². The lowest BCUT2D eigenvalue weighted by Gasteiger charge is -2.13. The molecule has 0 fully saturated rings. The first-order valence-electron chi connectivity index (χ1n) is 6.56. The molecular weight excluding hydrogens is 240 g/mol. The number of rotatable bonds is 4. The van der Waals surface area contributed by atoms with Gasteiger partial charge < -0.3 is 4.74 Å². The molecule has 19 heavy (non-hydrogen) atoms. The minimum atomic E-state index is 0.00187. The molecule has 2 rings (SSSR count). The summed E-state index contributed by atoms with van der Waals surface area (Å²) in [6.45, 7) is 6.21. The van der Waals surface area contributed by atoms with Gasteiger partial charge in [-0.25, -0.2) is 0 Å². The van der Waals surface area contributed by atoms with Crippen molar-refractivity contribution in [2.24, 2.45) is 0 Å². The van der Waals surface area contributed by atoms with Crippen molar-refractivity contribution < 1.29 is 4.74 Å². The van der Waals surface area contributed by atoms with Crippen LogP contribution in [0.3, 0.4) is 0 Å². The van der Waals surface area contributed by atoms with E-state index in [1.165, 1.54) is 0 Å². The minimum absolute atomic E-state index is 0.00187. The second-order valence-corrected chi connectivity index (χ2v) is 4.85. The molecule has 0 spiro atoms. The molecule has 4 nitrogen and oxygen atoms in total. The summed E-state index contributed by atoms with van der Waals surface area (Å²) in [5.41, 5.74) is 2.87. The van der Waals surface area contributed by atoms with E-state index in [9.17, 15) is 4.79 Å². The van der Waals surface area contributed by atoms with E-state index in [4.69, 9.17) is 4.74 Å². The van der Waals surface area contributed by atoms with Crippen LogP contribution in [0, 0.1) is 0 Å². The maximum Gasteiger partial charge on any atom is 0.267 e. The van der Waals surface area contributed by atoms with Gasteiger partial charge in [0.1, 0.15) is 5.75 Å². The van der Waals surface area contributed by atoms with Crippen LogP contribution in [0.4, 0.5) is 0 Å². The molecule has 0 aliphatic heterocycles. The van der Waals surface area contributed by atoms with Gasteiger partial charge in [-0.15, -0.1) is 0 Å². The lowest BCUT2D eigenvalue weighted by molar-refractivity contribution is 0.414. The molecule has 1 heterocycles. The normalized spacial score (nSPS) is 11.0. The molecule has 0 saturated heterocycles. The summed E-state index contributed by atoms with van der Waals surface area (Å²) in [5.74, 6) is 1.09. The topological polar surface area (TPSA) is 47.0 Å². The fourth-order valence-corrected chi connectivity index (χ4v) is 2.36. The van der Waals surface area contributed by atoms with E-state index in [2.05, 4.69) is 18.9 Å². The highest BCUT2D eigenvalue weighted by Crippen LogP contribution is 2.22. The van der Waals surface area contributed by atoms with Crippen molar-refractivity contribution >= 4 is 0 Å². The van der Waals surface area contributed by atoms with Crippen molar-refractivity contribution in [3.8, 4) is 11.4 Å². The molecule has 1 N–H and O–H groups in total. The largest absolute Gasteiger partial charge is 0.497 e. The van der Waals surface area contributed by atoms with Gasteiger partial charge in [-0.2, -0.15) is 0 Å². The molecule has 1 aromatic carbocycles. The Morgan fingerprint density at radius 2 is 1.89 bits per heavy atom. The number of methoxy groups -OCH3 is 1. The van der Waals surface area contributed by atoms with Gasteiger partial charge in [-0.05, 0) is 36.6 Å². The van der Waals surface area contributed by atoms with Gasteiger partial charge in [-0.1, -0.05) is 20.8 Å². The Balaban J connectivity index is 2.57. The van der Waals surface area contributed by atoms with E-state index in [1.54, 1.807) is 7.11 Å². The summed E-state index contributed by atoms with van der Waals surface area (Å²) in [7, 11) is 1.64. The molecule has 0 amide bonds. The number of nitrogens with one attached hydrogen (secondary N) is 1. The molecular formula is C15H20N2O2. The third-order valence-corrected chi connectivity index (χ3v) is 3.27. The van der Waals surface area contributed by atoms with E-state index in [0.717, 1.165) is 29.1 Å². The second kappa shape index (κ2) is 5.34. The first-order valence-corrected chi connectivity index (χ1v) is 6.56. The molecule has 0 saturated carbocycles. The number of hydrogen-bond donors (Lipinski definition) is 1. The van der Waals surface area contributed by atoms with Gasteiger partial charge in [0.05, 0.1) is 18.5 Å². The molecule has 102 valence electrons. The van der Waals surface area contributed by atoms with Gasteiger partial charge in [0.15, 0.2) is 0 Å². The Morgan fingerprint density at radius 3 is 2.37 bits per heavy atom. The van der Waals surface area contributed by atoms with Crippen LogP contribution in [0.5, 0.6) is 5.75 Å². The number of ether oxygens (including phenoxy) is 1. The first kappa shape index (κ1) is 13.5. The third-order valence-electron chi connectivity index (χ3n) is 3.27. The summed E-state index contributed by atoms with van der Waals surface area (Å²) >= 11 is 0. The number of hydrogen-bond acceptors (Lipinski definition) is 2. The zero-order valence-corrected chi connectivity index (χ0v) is 11.9. The van der Waals surface area contributed by atoms with Crippen molar-refractivity contribution in [1.82, 2.24) is 9.78 Å². The van der Waals surface area contributed by atoms with Crippen LogP contribution in [-0.2, 0) is 6.42 Å². The van der Waals surface area contributed by atoms with Crippen LogP contribution in [0.2, 0.25) is 0 Å². The second-order valence-electron chi connectivity index (χ2n) is 4.85. The SMILES string of the molecule is CCc1c(C(C)C)n(-c2ccc(OC)cc2)[nH]c1=O. The number of aromatic amines is 1. The summed E-state index contributed by atoms with van der Waals surface area (Å²) < 4.78 is 7.03. The van der Waals surface area contributed by atoms with Crippen molar-refractivity contribution in [2.45, 2.75) is 33.1 Å². The Bertz CT molecular complexity index is 606. The highest BCUT2D eigenvalue weighted by Gasteiger charge is 2.17. The molecule has 0 bridgehead atoms. The van der Waals surface area contributed by atoms with Crippen LogP contribution in [0.1, 0.15) is 37.9 Å². The molecule has 0 aliphatic rings. The quantitative estimate of drug-likeness (QED) is 0.918. The van der Waals surface area contributed by atoms with Gasteiger partial charge in [0.25, 0.3) is 5.56 Å². The maximum absolute atomic E-state index is 12.0. The fraction of sp³-hybridized carbons (Fsp3) is 0.400. The minimum Gasteiger partial charge on any atom is -0.497 e. The number of benzene rings is 1. The molecule has 0 radical (unpaired) electrons. The number of H-pyrrole nitrogens is 1. The predicted molar refractivity (Wildman–Crippen MR) is 76.4 cm³/mol. The maximum atomic E-state index is 12.0. The summed E-state index contributed by atoms with van der Waals surface area (Å²) in [6.07, 6.45) is 0.742. The van der Waals surface area contributed by atoms with Crippen LogP contribution >= 0.6 is 0 Å². The average Bonchev–Trinajstić information content (AvgIpc) is 2.75. The van der Waals surface area contributed by atoms with Gasteiger partial charge in [0.2, 0.25) is 0 Å². The molecule has 0 unspecified atom stereocenters. The first-order chi connectivity index (χ1) is 9.08. The molecule has 2 aromatic rings. The van der Waals surface area contributed by atoms with Gasteiger partial charge >= 0.3 is 0 Å². The molecule has 0 atom stereocenters. The predicted octanol–water partition coefficient (Wildman–Crippen LogP) is 2.86. The summed E-state index contributed by atoms with van der Waals surface area (Å²) in [4.78, 5) is 12.0. The summed E-state index contributed by atoms with van der Waals surface area (Å²) in [6, 6.07) is 7.67. The lowest BCUT2D eigenvalue weighted by Crippen LogP contribution is -2.06. The highest BCUT2D eigenvalue weighted by atomic mass is 16.5. The van der Waals surface area contributed by atoms with E-state index >= 15 is 0 Å². The zero-order chi connectivity index (χ0) is 14.0. The Morgan fingerprint density at radius 1 is 1.26 bits per heavy atom. The number of aromatic nitrogens is 2. The molecule has 4 heteroatoms. The van der Waals surface area contributed by atoms with Crippen LogP contribution in [0.25, 0.3) is 5.69 Å². The summed E-state index contributed by atoms with van der Waals surface area (Å²) in [5, 5.41) is 2.92. The van der Waals surface area contributed by atoms with Crippen molar-refractivity contribution in [1.29, 1.82) is 0 Å². The van der Waals surface area contributed by atoms with Gasteiger partial charge in [-0.3, -0.25) is 14.6 Å². The fourth-order valence-electron chi connectivity index (χ4n) is 2.36. The standard InChI is InChI=1S/C15H20N2O2/c1-5-13-14(10(2)3)17(16-15(13)18)11-6-8-12(19-4)9-7-11/h6-10H,5H2,1-4H3,(H,16,18).